The van der Waals surface area contributed by atoms with E-state index in [1.807, 2.05) is 94.4 Å². The molecule has 0 aliphatic heterocycles. The Hall–Kier alpha value is -3.44. The van der Waals surface area contributed by atoms with Gasteiger partial charge in [0.05, 0.1) is 6.54 Å². The Bertz CT molecular complexity index is 1090. The Morgan fingerprint density at radius 3 is 2.12 bits per heavy atom. The largest absolute Gasteiger partial charge is 0.324 e. The van der Waals surface area contributed by atoms with Gasteiger partial charge in [-0.3, -0.25) is 14.5 Å². The lowest BCUT2D eigenvalue weighted by atomic mass is 10.0. The van der Waals surface area contributed by atoms with Crippen LogP contribution in [0.2, 0.25) is 0 Å². The summed E-state index contributed by atoms with van der Waals surface area (Å²) in [6.07, 6.45) is 0. The van der Waals surface area contributed by atoms with E-state index in [0.29, 0.717) is 0 Å². The van der Waals surface area contributed by atoms with E-state index in [0.717, 1.165) is 39.2 Å². The van der Waals surface area contributed by atoms with Crippen molar-refractivity contribution in [3.05, 3.63) is 94.5 Å². The molecule has 0 saturated carbocycles. The van der Waals surface area contributed by atoms with E-state index < -0.39 is 6.04 Å². The molecule has 2 amide bonds. The molecule has 0 spiro atoms. The van der Waals surface area contributed by atoms with Gasteiger partial charge in [0.1, 0.15) is 6.04 Å². The van der Waals surface area contributed by atoms with Gasteiger partial charge in [-0.15, -0.1) is 0 Å². The molecule has 32 heavy (non-hydrogen) atoms. The minimum Gasteiger partial charge on any atom is -0.324 e. The lowest BCUT2D eigenvalue weighted by molar-refractivity contribution is -0.123. The fraction of sp³-hybridized carbons (Fsp3) is 0.259. The van der Waals surface area contributed by atoms with Crippen molar-refractivity contribution in [2.45, 2.75) is 33.7 Å². The Morgan fingerprint density at radius 1 is 0.812 bits per heavy atom. The van der Waals surface area contributed by atoms with Crippen LogP contribution >= 0.6 is 0 Å². The van der Waals surface area contributed by atoms with Gasteiger partial charge in [0.2, 0.25) is 11.8 Å². The summed E-state index contributed by atoms with van der Waals surface area (Å²) in [5.41, 5.74) is 6.51. The summed E-state index contributed by atoms with van der Waals surface area (Å²) in [6.45, 7) is 7.98. The monoisotopic (exact) mass is 429 g/mol. The summed E-state index contributed by atoms with van der Waals surface area (Å²) in [5.74, 6) is -0.336. The number of rotatable bonds is 7. The average molecular weight is 430 g/mol. The van der Waals surface area contributed by atoms with E-state index in [-0.39, 0.29) is 18.4 Å². The van der Waals surface area contributed by atoms with Crippen molar-refractivity contribution in [3.8, 4) is 0 Å². The van der Waals surface area contributed by atoms with Gasteiger partial charge >= 0.3 is 0 Å². The van der Waals surface area contributed by atoms with Gasteiger partial charge in [-0.05, 0) is 68.6 Å². The van der Waals surface area contributed by atoms with Crippen LogP contribution in [-0.4, -0.2) is 30.3 Å². The lowest BCUT2D eigenvalue weighted by Gasteiger charge is -2.27. The second-order valence-electron chi connectivity index (χ2n) is 8.35. The van der Waals surface area contributed by atoms with Crippen LogP contribution < -0.4 is 10.6 Å². The number of hydrogen-bond donors (Lipinski definition) is 2. The van der Waals surface area contributed by atoms with Gasteiger partial charge in [-0.25, -0.2) is 0 Å². The van der Waals surface area contributed by atoms with Crippen molar-refractivity contribution in [3.63, 3.8) is 0 Å². The van der Waals surface area contributed by atoms with Gasteiger partial charge in [-0.1, -0.05) is 60.7 Å². The van der Waals surface area contributed by atoms with Crippen molar-refractivity contribution < 1.29 is 9.59 Å². The third-order valence-corrected chi connectivity index (χ3v) is 5.59. The van der Waals surface area contributed by atoms with Gasteiger partial charge in [0, 0.05) is 11.4 Å². The third kappa shape index (κ3) is 5.62. The van der Waals surface area contributed by atoms with Gasteiger partial charge in [-0.2, -0.15) is 0 Å². The zero-order valence-corrected chi connectivity index (χ0v) is 19.4. The lowest BCUT2D eigenvalue weighted by Crippen LogP contribution is -2.39. The number of carbonyl (C=O) groups is 2. The first-order valence-electron chi connectivity index (χ1n) is 10.8. The zero-order chi connectivity index (χ0) is 23.3. The maximum atomic E-state index is 13.4. The number of para-hydroxylation sites is 1. The van der Waals surface area contributed by atoms with Crippen molar-refractivity contribution in [1.29, 1.82) is 0 Å². The molecule has 5 heteroatoms. The molecular formula is C27H31N3O2. The van der Waals surface area contributed by atoms with E-state index in [2.05, 4.69) is 10.6 Å². The van der Waals surface area contributed by atoms with Crippen molar-refractivity contribution >= 4 is 23.2 Å². The Balaban J connectivity index is 1.81. The molecule has 3 aromatic rings. The van der Waals surface area contributed by atoms with Crippen LogP contribution in [0, 0.1) is 27.7 Å². The quantitative estimate of drug-likeness (QED) is 0.545. The highest BCUT2D eigenvalue weighted by molar-refractivity contribution is 5.98. The van der Waals surface area contributed by atoms with Crippen molar-refractivity contribution in [1.82, 2.24) is 4.90 Å². The van der Waals surface area contributed by atoms with Gasteiger partial charge in [0.15, 0.2) is 0 Å². The molecule has 0 aliphatic carbocycles. The predicted molar refractivity (Wildman–Crippen MR) is 131 cm³/mol. The van der Waals surface area contributed by atoms with Crippen LogP contribution in [0.3, 0.4) is 0 Å². The van der Waals surface area contributed by atoms with Crippen LogP contribution in [0.1, 0.15) is 33.9 Å². The molecule has 1 atom stereocenters. The topological polar surface area (TPSA) is 61.4 Å². The Labute approximate surface area is 190 Å². The average Bonchev–Trinajstić information content (AvgIpc) is 2.74. The molecular weight excluding hydrogens is 398 g/mol. The minimum atomic E-state index is -0.611. The van der Waals surface area contributed by atoms with Crippen molar-refractivity contribution in [2.75, 3.05) is 24.2 Å². The number of nitrogens with zero attached hydrogens (tertiary/aromatic N) is 1. The number of anilines is 2. The molecule has 0 aliphatic rings. The highest BCUT2D eigenvalue weighted by Gasteiger charge is 2.27. The third-order valence-electron chi connectivity index (χ3n) is 5.59. The number of amides is 2. The second kappa shape index (κ2) is 10.2. The molecule has 0 aromatic heterocycles. The summed E-state index contributed by atoms with van der Waals surface area (Å²) in [7, 11) is 1.80. The number of benzene rings is 3. The SMILES string of the molecule is Cc1ccc(C)c(NC(=O)C(c2ccccc2)N(C)CC(=O)Nc2c(C)cccc2C)c1. The van der Waals surface area contributed by atoms with Crippen LogP contribution in [-0.2, 0) is 9.59 Å². The summed E-state index contributed by atoms with van der Waals surface area (Å²) in [5, 5.41) is 6.07. The van der Waals surface area contributed by atoms with E-state index in [1.54, 1.807) is 11.9 Å². The molecule has 0 bridgehead atoms. The Morgan fingerprint density at radius 2 is 1.47 bits per heavy atom. The second-order valence-corrected chi connectivity index (χ2v) is 8.35. The molecule has 3 aromatic carbocycles. The molecule has 0 radical (unpaired) electrons. The molecule has 166 valence electrons. The predicted octanol–water partition coefficient (Wildman–Crippen LogP) is 5.17. The summed E-state index contributed by atoms with van der Waals surface area (Å²) in [6, 6.07) is 20.8. The summed E-state index contributed by atoms with van der Waals surface area (Å²) < 4.78 is 0. The number of likely N-dealkylation sites (N-methyl/N-ethyl adjacent to an activating group) is 1. The molecule has 0 heterocycles. The number of hydrogen-bond acceptors (Lipinski definition) is 3. The molecule has 2 N–H and O–H groups in total. The van der Waals surface area contributed by atoms with Crippen LogP contribution in [0.4, 0.5) is 11.4 Å². The first-order chi connectivity index (χ1) is 15.3. The first kappa shape index (κ1) is 23.2. The van der Waals surface area contributed by atoms with E-state index >= 15 is 0 Å². The standard InChI is InChI=1S/C27H31N3O2/c1-18-14-15-19(2)23(16-18)28-27(32)26(22-12-7-6-8-13-22)30(5)17-24(31)29-25-20(3)10-9-11-21(25)4/h6-16,26H,17H2,1-5H3,(H,28,32)(H,29,31). The highest BCUT2D eigenvalue weighted by atomic mass is 16.2. The number of nitrogens with one attached hydrogen (secondary N) is 2. The van der Waals surface area contributed by atoms with E-state index in [4.69, 9.17) is 0 Å². The summed E-state index contributed by atoms with van der Waals surface area (Å²) >= 11 is 0. The maximum absolute atomic E-state index is 13.4. The number of aryl methyl sites for hydroxylation is 4. The molecule has 0 fully saturated rings. The fourth-order valence-corrected chi connectivity index (χ4v) is 3.82. The number of carbonyl (C=O) groups excluding carboxylic acids is 2. The normalized spacial score (nSPS) is 11.8. The van der Waals surface area contributed by atoms with E-state index in [9.17, 15) is 9.59 Å². The molecule has 0 saturated heterocycles. The van der Waals surface area contributed by atoms with Crippen LogP contribution in [0.15, 0.2) is 66.7 Å². The van der Waals surface area contributed by atoms with Crippen LogP contribution in [0.5, 0.6) is 0 Å². The minimum absolute atomic E-state index is 0.0769. The summed E-state index contributed by atoms with van der Waals surface area (Å²) in [4.78, 5) is 28.0. The zero-order valence-electron chi connectivity index (χ0n) is 19.4. The molecule has 5 nitrogen and oxygen atoms in total. The fourth-order valence-electron chi connectivity index (χ4n) is 3.82. The van der Waals surface area contributed by atoms with Crippen LogP contribution in [0.25, 0.3) is 0 Å². The smallest absolute Gasteiger partial charge is 0.246 e. The first-order valence-corrected chi connectivity index (χ1v) is 10.8. The van der Waals surface area contributed by atoms with Crippen molar-refractivity contribution in [2.24, 2.45) is 0 Å². The van der Waals surface area contributed by atoms with Gasteiger partial charge in [0.25, 0.3) is 0 Å². The van der Waals surface area contributed by atoms with Gasteiger partial charge < -0.3 is 10.6 Å². The molecule has 1 unspecified atom stereocenters. The Kier molecular flexibility index (Phi) is 7.44. The highest BCUT2D eigenvalue weighted by Crippen LogP contribution is 2.24. The van der Waals surface area contributed by atoms with E-state index in [1.165, 1.54) is 0 Å². The maximum Gasteiger partial charge on any atom is 0.246 e. The molecule has 3 rings (SSSR count).